The number of nitrogens with one attached hydrogen (secondary N) is 2. The summed E-state index contributed by atoms with van der Waals surface area (Å²) in [5.41, 5.74) is 0.732. The van der Waals surface area contributed by atoms with Crippen LogP contribution < -0.4 is 10.1 Å². The average Bonchev–Trinajstić information content (AvgIpc) is 2.83. The number of rotatable bonds is 5. The SMILES string of the molecule is CC(CO)NC(=O)c1cc2c(OC(F)F)cccc2[nH]1. The third-order valence-electron chi connectivity index (χ3n) is 2.74. The van der Waals surface area contributed by atoms with Gasteiger partial charge in [0, 0.05) is 16.9 Å². The zero-order valence-electron chi connectivity index (χ0n) is 10.7. The number of halogens is 2. The first-order chi connectivity index (χ1) is 9.51. The molecule has 1 unspecified atom stereocenters. The molecule has 1 aromatic heterocycles. The minimum absolute atomic E-state index is 0.00278. The van der Waals surface area contributed by atoms with Gasteiger partial charge in [0.2, 0.25) is 0 Å². The van der Waals surface area contributed by atoms with Gasteiger partial charge in [0.25, 0.3) is 5.91 Å². The fourth-order valence-electron chi connectivity index (χ4n) is 1.80. The van der Waals surface area contributed by atoms with Gasteiger partial charge in [-0.2, -0.15) is 8.78 Å². The molecule has 3 N–H and O–H groups in total. The Kier molecular flexibility index (Phi) is 4.19. The van der Waals surface area contributed by atoms with Crippen LogP contribution in [0.4, 0.5) is 8.78 Å². The number of carbonyl (C=O) groups excluding carboxylic acids is 1. The lowest BCUT2D eigenvalue weighted by Gasteiger charge is -2.08. The van der Waals surface area contributed by atoms with Crippen LogP contribution in [0.2, 0.25) is 0 Å². The third-order valence-corrected chi connectivity index (χ3v) is 2.74. The molecule has 0 fully saturated rings. The van der Waals surface area contributed by atoms with E-state index in [0.29, 0.717) is 10.9 Å². The summed E-state index contributed by atoms with van der Waals surface area (Å²) in [5.74, 6) is -0.422. The quantitative estimate of drug-likeness (QED) is 0.784. The highest BCUT2D eigenvalue weighted by Gasteiger charge is 2.15. The van der Waals surface area contributed by atoms with Crippen molar-refractivity contribution >= 4 is 16.8 Å². The van der Waals surface area contributed by atoms with E-state index in [4.69, 9.17) is 5.11 Å². The second-order valence-electron chi connectivity index (χ2n) is 4.34. The Morgan fingerprint density at radius 1 is 1.50 bits per heavy atom. The molecule has 2 aromatic rings. The van der Waals surface area contributed by atoms with Crippen LogP contribution in [-0.2, 0) is 0 Å². The molecule has 0 aliphatic rings. The van der Waals surface area contributed by atoms with Crippen molar-refractivity contribution in [2.75, 3.05) is 6.61 Å². The van der Waals surface area contributed by atoms with Crippen LogP contribution in [0.25, 0.3) is 10.9 Å². The molecule has 108 valence electrons. The van der Waals surface area contributed by atoms with Crippen LogP contribution >= 0.6 is 0 Å². The van der Waals surface area contributed by atoms with E-state index in [1.165, 1.54) is 12.1 Å². The van der Waals surface area contributed by atoms with Gasteiger partial charge < -0.3 is 20.1 Å². The maximum absolute atomic E-state index is 12.3. The maximum atomic E-state index is 12.3. The summed E-state index contributed by atoms with van der Waals surface area (Å²) < 4.78 is 29.0. The van der Waals surface area contributed by atoms with Crippen molar-refractivity contribution in [1.29, 1.82) is 0 Å². The molecular formula is C13H14F2N2O3. The number of aromatic nitrogens is 1. The second-order valence-corrected chi connectivity index (χ2v) is 4.34. The molecule has 0 spiro atoms. The molecule has 1 amide bonds. The summed E-state index contributed by atoms with van der Waals surface area (Å²) in [6.07, 6.45) is 0. The molecule has 1 aromatic carbocycles. The molecule has 1 atom stereocenters. The van der Waals surface area contributed by atoms with E-state index in [-0.39, 0.29) is 18.1 Å². The molecule has 0 bridgehead atoms. The number of aromatic amines is 1. The molecule has 0 saturated carbocycles. The summed E-state index contributed by atoms with van der Waals surface area (Å²) in [7, 11) is 0. The molecule has 2 rings (SSSR count). The molecule has 5 nitrogen and oxygen atoms in total. The minimum Gasteiger partial charge on any atom is -0.434 e. The van der Waals surface area contributed by atoms with Gasteiger partial charge in [0.15, 0.2) is 0 Å². The van der Waals surface area contributed by atoms with Crippen LogP contribution in [-0.4, -0.2) is 35.3 Å². The number of aliphatic hydroxyl groups is 1. The summed E-state index contributed by atoms with van der Waals surface area (Å²) >= 11 is 0. The number of carbonyl (C=O) groups is 1. The number of ether oxygens (including phenoxy) is 1. The fourth-order valence-corrected chi connectivity index (χ4v) is 1.80. The average molecular weight is 284 g/mol. The lowest BCUT2D eigenvalue weighted by atomic mass is 10.2. The zero-order valence-corrected chi connectivity index (χ0v) is 10.7. The molecular weight excluding hydrogens is 270 g/mol. The molecule has 0 aliphatic heterocycles. The number of aliphatic hydroxyl groups excluding tert-OH is 1. The number of fused-ring (bicyclic) bond motifs is 1. The first kappa shape index (κ1) is 14.3. The van der Waals surface area contributed by atoms with Crippen molar-refractivity contribution in [2.24, 2.45) is 0 Å². The molecule has 0 aliphatic carbocycles. The van der Waals surface area contributed by atoms with E-state index in [1.54, 1.807) is 19.1 Å². The Morgan fingerprint density at radius 3 is 2.90 bits per heavy atom. The second kappa shape index (κ2) is 5.87. The summed E-state index contributed by atoms with van der Waals surface area (Å²) in [6.45, 7) is -1.47. The highest BCUT2D eigenvalue weighted by atomic mass is 19.3. The Bertz CT molecular complexity index is 613. The normalized spacial score (nSPS) is 12.7. The van der Waals surface area contributed by atoms with Gasteiger partial charge in [0.05, 0.1) is 6.61 Å². The predicted molar refractivity (Wildman–Crippen MR) is 68.9 cm³/mol. The number of hydrogen-bond acceptors (Lipinski definition) is 3. The van der Waals surface area contributed by atoms with Crippen molar-refractivity contribution in [1.82, 2.24) is 10.3 Å². The Morgan fingerprint density at radius 2 is 2.25 bits per heavy atom. The lowest BCUT2D eigenvalue weighted by molar-refractivity contribution is -0.0487. The zero-order chi connectivity index (χ0) is 14.7. The van der Waals surface area contributed by atoms with E-state index in [2.05, 4.69) is 15.0 Å². The van der Waals surface area contributed by atoms with Gasteiger partial charge in [-0.15, -0.1) is 0 Å². The maximum Gasteiger partial charge on any atom is 0.387 e. The van der Waals surface area contributed by atoms with E-state index >= 15 is 0 Å². The van der Waals surface area contributed by atoms with Crippen molar-refractivity contribution in [3.8, 4) is 5.75 Å². The van der Waals surface area contributed by atoms with Gasteiger partial charge in [-0.1, -0.05) is 6.07 Å². The minimum atomic E-state index is -2.93. The molecule has 20 heavy (non-hydrogen) atoms. The largest absolute Gasteiger partial charge is 0.434 e. The predicted octanol–water partition coefficient (Wildman–Crippen LogP) is 1.88. The summed E-state index contributed by atoms with van der Waals surface area (Å²) in [6, 6.07) is 5.65. The van der Waals surface area contributed by atoms with Crippen LogP contribution in [0.3, 0.4) is 0 Å². The van der Waals surface area contributed by atoms with Crippen LogP contribution in [0.5, 0.6) is 5.75 Å². The number of hydrogen-bond donors (Lipinski definition) is 3. The van der Waals surface area contributed by atoms with Crippen molar-refractivity contribution < 1.29 is 23.4 Å². The Balaban J connectivity index is 2.31. The van der Waals surface area contributed by atoms with Gasteiger partial charge in [-0.25, -0.2) is 0 Å². The van der Waals surface area contributed by atoms with Crippen LogP contribution in [0.15, 0.2) is 24.3 Å². The molecule has 0 radical (unpaired) electrons. The van der Waals surface area contributed by atoms with Gasteiger partial charge in [-0.3, -0.25) is 4.79 Å². The molecule has 1 heterocycles. The van der Waals surface area contributed by atoms with E-state index < -0.39 is 18.6 Å². The summed E-state index contributed by atoms with van der Waals surface area (Å²) in [5, 5.41) is 11.8. The van der Waals surface area contributed by atoms with E-state index in [1.807, 2.05) is 0 Å². The van der Waals surface area contributed by atoms with Crippen molar-refractivity contribution in [2.45, 2.75) is 19.6 Å². The highest BCUT2D eigenvalue weighted by Crippen LogP contribution is 2.27. The third kappa shape index (κ3) is 3.05. The summed E-state index contributed by atoms with van der Waals surface area (Å²) in [4.78, 5) is 14.7. The van der Waals surface area contributed by atoms with Crippen molar-refractivity contribution in [3.05, 3.63) is 30.0 Å². The number of benzene rings is 1. The first-order valence-corrected chi connectivity index (χ1v) is 5.99. The molecule has 0 saturated heterocycles. The first-order valence-electron chi connectivity index (χ1n) is 5.99. The van der Waals surface area contributed by atoms with E-state index in [9.17, 15) is 13.6 Å². The van der Waals surface area contributed by atoms with Gasteiger partial charge in [-0.05, 0) is 25.1 Å². The van der Waals surface area contributed by atoms with Crippen LogP contribution in [0, 0.1) is 0 Å². The molecule has 7 heteroatoms. The fraction of sp³-hybridized carbons (Fsp3) is 0.308. The van der Waals surface area contributed by atoms with Gasteiger partial charge >= 0.3 is 6.61 Å². The standard InChI is InChI=1S/C13H14F2N2O3/c1-7(6-18)16-12(19)10-5-8-9(17-10)3-2-4-11(8)20-13(14)15/h2-5,7,13,17-18H,6H2,1H3,(H,16,19). The topological polar surface area (TPSA) is 74.3 Å². The van der Waals surface area contributed by atoms with Crippen molar-refractivity contribution in [3.63, 3.8) is 0 Å². The number of alkyl halides is 2. The monoisotopic (exact) mass is 284 g/mol. The Hall–Kier alpha value is -2.15. The number of H-pyrrole nitrogens is 1. The lowest BCUT2D eigenvalue weighted by Crippen LogP contribution is -2.35. The smallest absolute Gasteiger partial charge is 0.387 e. The van der Waals surface area contributed by atoms with Crippen LogP contribution in [0.1, 0.15) is 17.4 Å². The van der Waals surface area contributed by atoms with Gasteiger partial charge in [0.1, 0.15) is 11.4 Å². The van der Waals surface area contributed by atoms with E-state index in [0.717, 1.165) is 0 Å². The Labute approximate surface area is 113 Å². The highest BCUT2D eigenvalue weighted by molar-refractivity contribution is 5.99. The number of amides is 1.